The number of carboxylic acids is 1. The summed E-state index contributed by atoms with van der Waals surface area (Å²) in [6.07, 6.45) is -0.146. The first-order valence-electron chi connectivity index (χ1n) is 5.00. The highest BCUT2D eigenvalue weighted by Crippen LogP contribution is 2.54. The van der Waals surface area contributed by atoms with E-state index in [0.717, 1.165) is 0 Å². The summed E-state index contributed by atoms with van der Waals surface area (Å²) in [6, 6.07) is 0. The Bertz CT molecular complexity index is 451. The van der Waals surface area contributed by atoms with Crippen molar-refractivity contribution in [3.05, 3.63) is 16.4 Å². The van der Waals surface area contributed by atoms with Gasteiger partial charge in [-0.15, -0.1) is 0 Å². The number of aryl methyl sites for hydroxylation is 2. The SMILES string of the molecule is Cc1nn(C)c(Cl)c1C1(C(O)C(=O)O)CC1. The molecule has 0 amide bonds. The van der Waals surface area contributed by atoms with Gasteiger partial charge in [0.05, 0.1) is 5.69 Å². The van der Waals surface area contributed by atoms with E-state index < -0.39 is 17.5 Å². The Morgan fingerprint density at radius 1 is 1.62 bits per heavy atom. The Morgan fingerprint density at radius 3 is 2.50 bits per heavy atom. The number of hydrogen-bond acceptors (Lipinski definition) is 3. The van der Waals surface area contributed by atoms with E-state index >= 15 is 0 Å². The van der Waals surface area contributed by atoms with Crippen LogP contribution in [0.5, 0.6) is 0 Å². The van der Waals surface area contributed by atoms with Crippen molar-refractivity contribution in [1.82, 2.24) is 9.78 Å². The second-order valence-corrected chi connectivity index (χ2v) is 4.63. The zero-order valence-corrected chi connectivity index (χ0v) is 9.82. The number of carboxylic acid groups (broad SMARTS) is 1. The summed E-state index contributed by atoms with van der Waals surface area (Å²) in [4.78, 5) is 10.9. The van der Waals surface area contributed by atoms with Gasteiger partial charge in [0.15, 0.2) is 6.10 Å². The van der Waals surface area contributed by atoms with Crippen molar-refractivity contribution in [2.24, 2.45) is 7.05 Å². The van der Waals surface area contributed by atoms with Gasteiger partial charge >= 0.3 is 5.97 Å². The third-order valence-corrected chi connectivity index (χ3v) is 3.63. The molecule has 88 valence electrons. The van der Waals surface area contributed by atoms with E-state index in [9.17, 15) is 9.90 Å². The van der Waals surface area contributed by atoms with Gasteiger partial charge < -0.3 is 10.2 Å². The number of hydrogen-bond donors (Lipinski definition) is 2. The maximum atomic E-state index is 10.9. The molecular formula is C10H13ClN2O3. The molecular weight excluding hydrogens is 232 g/mol. The van der Waals surface area contributed by atoms with Crippen LogP contribution in [0.3, 0.4) is 0 Å². The summed E-state index contributed by atoms with van der Waals surface area (Å²) >= 11 is 6.08. The van der Waals surface area contributed by atoms with E-state index in [4.69, 9.17) is 16.7 Å². The molecule has 0 saturated heterocycles. The van der Waals surface area contributed by atoms with Gasteiger partial charge in [0, 0.05) is 18.0 Å². The van der Waals surface area contributed by atoms with Gasteiger partial charge in [-0.05, 0) is 19.8 Å². The van der Waals surface area contributed by atoms with Crippen molar-refractivity contribution < 1.29 is 15.0 Å². The molecule has 1 atom stereocenters. The van der Waals surface area contributed by atoms with Gasteiger partial charge in [-0.25, -0.2) is 4.79 Å². The van der Waals surface area contributed by atoms with E-state index in [1.165, 1.54) is 4.68 Å². The van der Waals surface area contributed by atoms with Gasteiger partial charge in [-0.1, -0.05) is 11.6 Å². The van der Waals surface area contributed by atoms with Gasteiger partial charge in [0.1, 0.15) is 5.15 Å². The fourth-order valence-electron chi connectivity index (χ4n) is 2.23. The molecule has 0 aromatic carbocycles. The Kier molecular flexibility index (Phi) is 2.47. The molecule has 1 aromatic heterocycles. The molecule has 5 nitrogen and oxygen atoms in total. The summed E-state index contributed by atoms with van der Waals surface area (Å²) in [7, 11) is 1.70. The molecule has 0 spiro atoms. The third-order valence-electron chi connectivity index (χ3n) is 3.20. The van der Waals surface area contributed by atoms with Crippen LogP contribution in [0.2, 0.25) is 5.15 Å². The molecule has 1 heterocycles. The van der Waals surface area contributed by atoms with E-state index in [1.54, 1.807) is 14.0 Å². The number of aliphatic hydroxyl groups excluding tert-OH is 1. The highest BCUT2D eigenvalue weighted by molar-refractivity contribution is 6.30. The van der Waals surface area contributed by atoms with Crippen LogP contribution in [0.1, 0.15) is 24.1 Å². The number of nitrogens with zero attached hydrogens (tertiary/aromatic N) is 2. The van der Waals surface area contributed by atoms with Crippen LogP contribution >= 0.6 is 11.6 Å². The predicted octanol–water partition coefficient (Wildman–Crippen LogP) is 0.859. The first-order chi connectivity index (χ1) is 7.40. The van der Waals surface area contributed by atoms with E-state index in [1.807, 2.05) is 0 Å². The number of aromatic nitrogens is 2. The van der Waals surface area contributed by atoms with Gasteiger partial charge in [0.25, 0.3) is 0 Å². The average molecular weight is 245 g/mol. The minimum absolute atomic E-state index is 0.412. The first-order valence-corrected chi connectivity index (χ1v) is 5.38. The minimum Gasteiger partial charge on any atom is -0.479 e. The van der Waals surface area contributed by atoms with Crippen LogP contribution in [0, 0.1) is 6.92 Å². The lowest BCUT2D eigenvalue weighted by atomic mass is 9.90. The Hall–Kier alpha value is -1.07. The Balaban J connectivity index is 2.48. The second kappa shape index (κ2) is 3.46. The van der Waals surface area contributed by atoms with E-state index in [0.29, 0.717) is 29.3 Å². The zero-order chi connectivity index (χ0) is 12.1. The minimum atomic E-state index is -1.41. The Labute approximate surface area is 97.6 Å². The highest BCUT2D eigenvalue weighted by atomic mass is 35.5. The number of carbonyl (C=O) groups is 1. The maximum absolute atomic E-state index is 10.9. The topological polar surface area (TPSA) is 75.3 Å². The molecule has 0 radical (unpaired) electrons. The van der Waals surface area contributed by atoms with Crippen LogP contribution in [-0.2, 0) is 17.3 Å². The third kappa shape index (κ3) is 1.43. The van der Waals surface area contributed by atoms with Gasteiger partial charge in [-0.3, -0.25) is 4.68 Å². The monoisotopic (exact) mass is 244 g/mol. The van der Waals surface area contributed by atoms with Gasteiger partial charge in [-0.2, -0.15) is 5.10 Å². The molecule has 1 fully saturated rings. The fourth-order valence-corrected chi connectivity index (χ4v) is 2.59. The van der Waals surface area contributed by atoms with Crippen molar-refractivity contribution in [2.75, 3.05) is 0 Å². The molecule has 1 saturated carbocycles. The zero-order valence-electron chi connectivity index (χ0n) is 9.07. The summed E-state index contributed by atoms with van der Waals surface area (Å²) in [5, 5.41) is 23.2. The molecule has 1 aromatic rings. The smallest absolute Gasteiger partial charge is 0.333 e. The van der Waals surface area contributed by atoms with Gasteiger partial charge in [0.2, 0.25) is 0 Å². The van der Waals surface area contributed by atoms with Crippen LogP contribution in [-0.4, -0.2) is 32.1 Å². The standard InChI is InChI=1S/C10H13ClN2O3/c1-5-6(8(11)13(2)12-5)10(3-4-10)7(14)9(15)16/h7,14H,3-4H2,1-2H3,(H,15,16). The number of rotatable bonds is 3. The molecule has 1 aliphatic rings. The lowest BCUT2D eigenvalue weighted by Crippen LogP contribution is -2.34. The lowest BCUT2D eigenvalue weighted by Gasteiger charge is -2.18. The first kappa shape index (κ1) is 11.4. The van der Waals surface area contributed by atoms with Crippen molar-refractivity contribution >= 4 is 17.6 Å². The highest BCUT2D eigenvalue weighted by Gasteiger charge is 2.56. The largest absolute Gasteiger partial charge is 0.479 e. The van der Waals surface area contributed by atoms with E-state index in [-0.39, 0.29) is 0 Å². The van der Waals surface area contributed by atoms with Crippen LogP contribution in [0.4, 0.5) is 0 Å². The quantitative estimate of drug-likeness (QED) is 0.827. The van der Waals surface area contributed by atoms with Crippen molar-refractivity contribution in [1.29, 1.82) is 0 Å². The van der Waals surface area contributed by atoms with Crippen molar-refractivity contribution in [3.8, 4) is 0 Å². The van der Waals surface area contributed by atoms with Crippen molar-refractivity contribution in [2.45, 2.75) is 31.3 Å². The second-order valence-electron chi connectivity index (χ2n) is 4.27. The number of aliphatic carboxylic acids is 1. The average Bonchev–Trinajstić information content (AvgIpc) is 2.93. The summed E-state index contributed by atoms with van der Waals surface area (Å²) in [5.41, 5.74) is 0.623. The molecule has 2 N–H and O–H groups in total. The summed E-state index contributed by atoms with van der Waals surface area (Å²) in [5.74, 6) is -1.21. The molecule has 1 aliphatic carbocycles. The molecule has 0 bridgehead atoms. The molecule has 1 unspecified atom stereocenters. The predicted molar refractivity (Wildman–Crippen MR) is 57.5 cm³/mol. The van der Waals surface area contributed by atoms with Crippen LogP contribution in [0.15, 0.2) is 0 Å². The van der Waals surface area contributed by atoms with Crippen molar-refractivity contribution in [3.63, 3.8) is 0 Å². The maximum Gasteiger partial charge on any atom is 0.333 e. The lowest BCUT2D eigenvalue weighted by molar-refractivity contribution is -0.148. The molecule has 2 rings (SSSR count). The van der Waals surface area contributed by atoms with Crippen LogP contribution < -0.4 is 0 Å². The summed E-state index contributed by atoms with van der Waals surface area (Å²) in [6.45, 7) is 1.77. The Morgan fingerprint density at radius 2 is 2.19 bits per heavy atom. The van der Waals surface area contributed by atoms with E-state index in [2.05, 4.69) is 5.10 Å². The molecule has 6 heteroatoms. The number of aliphatic hydroxyl groups is 1. The number of halogens is 1. The molecule has 16 heavy (non-hydrogen) atoms. The summed E-state index contributed by atoms with van der Waals surface area (Å²) < 4.78 is 1.50. The molecule has 0 aliphatic heterocycles. The van der Waals surface area contributed by atoms with Crippen LogP contribution in [0.25, 0.3) is 0 Å². The normalized spacial score (nSPS) is 19.5. The fraction of sp³-hybridized carbons (Fsp3) is 0.600.